The van der Waals surface area contributed by atoms with Crippen LogP contribution in [0.2, 0.25) is 0 Å². The number of rotatable bonds is 0. The van der Waals surface area contributed by atoms with Gasteiger partial charge >= 0.3 is 5.95 Å². The SMILES string of the molecule is Cc1cc(C)[n+]2c(n1)N(C)C1=S2N2C=CC=CC2=N1. The Morgan fingerprint density at radius 3 is 2.95 bits per heavy atom. The molecule has 1 aromatic heterocycles. The van der Waals surface area contributed by atoms with Gasteiger partial charge in [0, 0.05) is 12.3 Å². The van der Waals surface area contributed by atoms with Crippen LogP contribution >= 0.6 is 10.9 Å². The van der Waals surface area contributed by atoms with E-state index in [1.54, 1.807) is 0 Å². The fourth-order valence-corrected chi connectivity index (χ4v) is 4.64. The maximum atomic E-state index is 4.74. The molecule has 1 atom stereocenters. The predicted octanol–water partition coefficient (Wildman–Crippen LogP) is 1.27. The van der Waals surface area contributed by atoms with Crippen LogP contribution in [0.5, 0.6) is 0 Å². The van der Waals surface area contributed by atoms with Gasteiger partial charge in [0.1, 0.15) is 22.4 Å². The van der Waals surface area contributed by atoms with E-state index in [9.17, 15) is 0 Å². The summed E-state index contributed by atoms with van der Waals surface area (Å²) in [5.74, 6) is 1.98. The van der Waals surface area contributed by atoms with E-state index in [4.69, 9.17) is 4.99 Å². The van der Waals surface area contributed by atoms with Crippen molar-refractivity contribution < 1.29 is 3.97 Å². The molecular formula is C13H14N5S+. The quantitative estimate of drug-likeness (QED) is 0.527. The topological polar surface area (TPSA) is 35.6 Å². The zero-order chi connectivity index (χ0) is 13.1. The second-order valence-electron chi connectivity index (χ2n) is 4.74. The highest BCUT2D eigenvalue weighted by molar-refractivity contribution is 8.09. The average molecular weight is 272 g/mol. The standard InChI is InChI=1S/C13H14N5S/c1-9-8-10(2)18-12(14-9)16(3)13-15-11-6-4-5-7-17(11)19(13)18/h4-8H,1-3H3/q+1. The number of fused-ring (bicyclic) bond motifs is 4. The minimum Gasteiger partial charge on any atom is -0.248 e. The molecule has 0 aromatic carbocycles. The third-order valence-corrected chi connectivity index (χ3v) is 5.49. The normalized spacial score (nSPS) is 22.6. The van der Waals surface area contributed by atoms with Crippen LogP contribution in [-0.2, 0) is 0 Å². The molecule has 1 aromatic rings. The molecule has 6 heteroatoms. The van der Waals surface area contributed by atoms with E-state index in [0.717, 1.165) is 22.6 Å². The van der Waals surface area contributed by atoms with Crippen LogP contribution in [0.25, 0.3) is 0 Å². The number of aliphatic imine (C=N–C) groups is 1. The van der Waals surface area contributed by atoms with Crippen LogP contribution in [0.4, 0.5) is 5.95 Å². The molecule has 0 bridgehead atoms. The molecule has 3 aliphatic rings. The first-order valence-corrected chi connectivity index (χ1v) is 7.29. The van der Waals surface area contributed by atoms with Gasteiger partial charge in [-0.1, -0.05) is 11.1 Å². The summed E-state index contributed by atoms with van der Waals surface area (Å²) >= 11 is 0. The van der Waals surface area contributed by atoms with Crippen molar-refractivity contribution in [2.24, 2.45) is 4.99 Å². The van der Waals surface area contributed by atoms with Gasteiger partial charge in [0.25, 0.3) is 5.11 Å². The maximum absolute atomic E-state index is 4.74. The van der Waals surface area contributed by atoms with Crippen molar-refractivity contribution in [1.82, 2.24) is 9.29 Å². The third kappa shape index (κ3) is 1.32. The summed E-state index contributed by atoms with van der Waals surface area (Å²) in [6, 6.07) is 2.12. The Bertz CT molecular complexity index is 729. The Morgan fingerprint density at radius 2 is 2.11 bits per heavy atom. The molecule has 0 saturated carbocycles. The fraction of sp³-hybridized carbons (Fsp3) is 0.231. The van der Waals surface area contributed by atoms with Crippen molar-refractivity contribution in [3.63, 3.8) is 0 Å². The zero-order valence-electron chi connectivity index (χ0n) is 11.0. The van der Waals surface area contributed by atoms with E-state index in [0.29, 0.717) is 0 Å². The molecule has 0 aliphatic carbocycles. The average Bonchev–Trinajstić information content (AvgIpc) is 2.87. The monoisotopic (exact) mass is 272 g/mol. The van der Waals surface area contributed by atoms with E-state index < -0.39 is 0 Å². The number of hydrogen-bond acceptors (Lipinski definition) is 4. The second kappa shape index (κ2) is 3.54. The molecule has 0 amide bonds. The smallest absolute Gasteiger partial charge is 0.248 e. The van der Waals surface area contributed by atoms with Gasteiger partial charge < -0.3 is 0 Å². The predicted molar refractivity (Wildman–Crippen MR) is 77.9 cm³/mol. The summed E-state index contributed by atoms with van der Waals surface area (Å²) in [6.45, 7) is 4.16. The van der Waals surface area contributed by atoms with Crippen LogP contribution in [0.1, 0.15) is 11.4 Å². The molecule has 0 fully saturated rings. The number of anilines is 1. The zero-order valence-corrected chi connectivity index (χ0v) is 11.8. The van der Waals surface area contributed by atoms with Gasteiger partial charge in [-0.15, -0.1) is 0 Å². The Labute approximate surface area is 114 Å². The summed E-state index contributed by atoms with van der Waals surface area (Å²) in [6.07, 6.45) is 8.20. The summed E-state index contributed by atoms with van der Waals surface area (Å²) in [4.78, 5) is 11.5. The molecular weight excluding hydrogens is 258 g/mol. The number of amidine groups is 1. The molecule has 0 N–H and O–H groups in total. The van der Waals surface area contributed by atoms with Gasteiger partial charge in [0.2, 0.25) is 0 Å². The van der Waals surface area contributed by atoms with Gasteiger partial charge in [-0.05, 0) is 26.0 Å². The number of nitrogens with zero attached hydrogens (tertiary/aromatic N) is 5. The first-order valence-electron chi connectivity index (χ1n) is 6.15. The van der Waals surface area contributed by atoms with Gasteiger partial charge in [-0.2, -0.15) is 8.96 Å². The highest BCUT2D eigenvalue weighted by Crippen LogP contribution is 2.35. The highest BCUT2D eigenvalue weighted by Gasteiger charge is 2.43. The summed E-state index contributed by atoms with van der Waals surface area (Å²) in [5, 5.41) is 1.06. The van der Waals surface area contributed by atoms with Crippen molar-refractivity contribution >= 4 is 27.8 Å². The lowest BCUT2D eigenvalue weighted by atomic mass is 10.3. The Hall–Kier alpha value is -1.95. The van der Waals surface area contributed by atoms with Crippen molar-refractivity contribution in [2.75, 3.05) is 11.9 Å². The Balaban J connectivity index is 1.96. The van der Waals surface area contributed by atoms with Gasteiger partial charge in [-0.25, -0.2) is 9.21 Å². The number of aromatic nitrogens is 2. The van der Waals surface area contributed by atoms with E-state index >= 15 is 0 Å². The number of allylic oxidation sites excluding steroid dienone is 2. The lowest BCUT2D eigenvalue weighted by Crippen LogP contribution is -2.39. The maximum Gasteiger partial charge on any atom is 0.413 e. The van der Waals surface area contributed by atoms with E-state index in [2.05, 4.69) is 37.4 Å². The third-order valence-electron chi connectivity index (χ3n) is 3.32. The minimum absolute atomic E-state index is 0.221. The molecule has 3 aliphatic heterocycles. The second-order valence-corrected chi connectivity index (χ2v) is 6.39. The highest BCUT2D eigenvalue weighted by atomic mass is 32.2. The van der Waals surface area contributed by atoms with Crippen LogP contribution in [-0.4, -0.2) is 27.3 Å². The summed E-state index contributed by atoms with van der Waals surface area (Å²) in [7, 11) is 1.82. The first kappa shape index (κ1) is 10.9. The van der Waals surface area contributed by atoms with Crippen molar-refractivity contribution in [3.8, 4) is 0 Å². The van der Waals surface area contributed by atoms with Crippen LogP contribution < -0.4 is 8.87 Å². The molecule has 0 saturated heterocycles. The van der Waals surface area contributed by atoms with E-state index in [1.807, 2.05) is 32.2 Å². The molecule has 96 valence electrons. The van der Waals surface area contributed by atoms with Gasteiger partial charge in [0.05, 0.1) is 12.7 Å². The van der Waals surface area contributed by atoms with Crippen molar-refractivity contribution in [1.29, 1.82) is 0 Å². The van der Waals surface area contributed by atoms with Crippen molar-refractivity contribution in [2.45, 2.75) is 13.8 Å². The number of aryl methyl sites for hydroxylation is 2. The van der Waals surface area contributed by atoms with Crippen molar-refractivity contribution in [3.05, 3.63) is 41.9 Å². The first-order chi connectivity index (χ1) is 9.16. The minimum atomic E-state index is -0.221. The molecule has 1 unspecified atom stereocenters. The molecule has 5 nitrogen and oxygen atoms in total. The summed E-state index contributed by atoms with van der Waals surface area (Å²) in [5.41, 5.74) is 2.26. The fourth-order valence-electron chi connectivity index (χ4n) is 2.51. The van der Waals surface area contributed by atoms with Crippen LogP contribution in [0, 0.1) is 13.8 Å². The molecule has 0 radical (unpaired) electrons. The molecule has 0 spiro atoms. The number of hydrogen-bond donors (Lipinski definition) is 0. The van der Waals surface area contributed by atoms with Crippen LogP contribution in [0.3, 0.4) is 0 Å². The van der Waals surface area contributed by atoms with Gasteiger partial charge in [-0.3, -0.25) is 0 Å². The lowest BCUT2D eigenvalue weighted by Gasteiger charge is -2.18. The molecule has 4 heterocycles. The Morgan fingerprint density at radius 1 is 1.26 bits per heavy atom. The Kier molecular flexibility index (Phi) is 2.04. The lowest BCUT2D eigenvalue weighted by molar-refractivity contribution is -0.493. The largest absolute Gasteiger partial charge is 0.413 e. The summed E-state index contributed by atoms with van der Waals surface area (Å²) < 4.78 is 4.48. The van der Waals surface area contributed by atoms with E-state index in [-0.39, 0.29) is 10.9 Å². The molecule has 19 heavy (non-hydrogen) atoms. The van der Waals surface area contributed by atoms with Crippen LogP contribution in [0.15, 0.2) is 35.5 Å². The molecule has 4 rings (SSSR count). The van der Waals surface area contributed by atoms with E-state index in [1.165, 1.54) is 5.69 Å². The van der Waals surface area contributed by atoms with Gasteiger partial charge in [0.15, 0.2) is 0 Å².